The number of benzene rings is 1. The number of ether oxygens (including phenoxy) is 2. The molecule has 0 unspecified atom stereocenters. The van der Waals surface area contributed by atoms with Crippen molar-refractivity contribution in [2.75, 3.05) is 19.5 Å². The van der Waals surface area contributed by atoms with Crippen LogP contribution in [0.5, 0.6) is 11.5 Å². The predicted molar refractivity (Wildman–Crippen MR) is 101 cm³/mol. The van der Waals surface area contributed by atoms with Crippen molar-refractivity contribution in [2.45, 2.75) is 49.6 Å². The third kappa shape index (κ3) is 4.12. The number of nitrogens with zero attached hydrogens (tertiary/aromatic N) is 3. The van der Waals surface area contributed by atoms with E-state index >= 15 is 0 Å². The number of hydrogen-bond acceptors (Lipinski definition) is 6. The van der Waals surface area contributed by atoms with Crippen LogP contribution in [-0.4, -0.2) is 40.1 Å². The van der Waals surface area contributed by atoms with Gasteiger partial charge in [-0.2, -0.15) is 0 Å². The van der Waals surface area contributed by atoms with Gasteiger partial charge in [0, 0.05) is 24.7 Å². The Morgan fingerprint density at radius 3 is 2.77 bits per heavy atom. The second-order valence-electron chi connectivity index (χ2n) is 6.18. The number of carbonyl (C=O) groups is 1. The summed E-state index contributed by atoms with van der Waals surface area (Å²) in [6, 6.07) is 5.31. The van der Waals surface area contributed by atoms with Crippen LogP contribution in [0.3, 0.4) is 0 Å². The van der Waals surface area contributed by atoms with E-state index < -0.39 is 0 Å². The van der Waals surface area contributed by atoms with Gasteiger partial charge in [-0.05, 0) is 31.9 Å². The zero-order valence-corrected chi connectivity index (χ0v) is 16.1. The minimum absolute atomic E-state index is 0.0896. The monoisotopic (exact) mass is 376 g/mol. The molecule has 0 saturated heterocycles. The smallest absolute Gasteiger partial charge is 0.237 e. The fourth-order valence-corrected chi connectivity index (χ4v) is 3.81. The molecule has 1 atom stereocenters. The maximum absolute atomic E-state index is 12.6. The lowest BCUT2D eigenvalue weighted by molar-refractivity contribution is -0.115. The molecular weight excluding hydrogens is 352 g/mol. The molecule has 1 amide bonds. The van der Waals surface area contributed by atoms with Gasteiger partial charge in [-0.1, -0.05) is 18.2 Å². The number of thioether (sulfide) groups is 1. The van der Waals surface area contributed by atoms with Crippen molar-refractivity contribution in [3.05, 3.63) is 24.0 Å². The van der Waals surface area contributed by atoms with Crippen LogP contribution in [0.2, 0.25) is 0 Å². The molecule has 0 radical (unpaired) electrons. The molecule has 26 heavy (non-hydrogen) atoms. The maximum atomic E-state index is 12.6. The van der Waals surface area contributed by atoms with Crippen LogP contribution >= 0.6 is 11.8 Å². The SMILES string of the molecule is COc1ccc(NC(=O)[C@@H](C)Sc2nnc3n2CCCCC3)cc1OC. The summed E-state index contributed by atoms with van der Waals surface area (Å²) in [5.74, 6) is 2.14. The molecule has 1 aromatic carbocycles. The molecular formula is C18H24N4O3S. The zero-order valence-electron chi connectivity index (χ0n) is 15.3. The van der Waals surface area contributed by atoms with Crippen LogP contribution in [-0.2, 0) is 17.8 Å². The Labute approximate surface area is 157 Å². The van der Waals surface area contributed by atoms with Crippen LogP contribution in [0.25, 0.3) is 0 Å². The quantitative estimate of drug-likeness (QED) is 0.781. The molecule has 1 aromatic heterocycles. The van der Waals surface area contributed by atoms with Gasteiger partial charge in [0.25, 0.3) is 0 Å². The molecule has 1 aliphatic rings. The van der Waals surface area contributed by atoms with E-state index in [1.165, 1.54) is 18.2 Å². The van der Waals surface area contributed by atoms with Gasteiger partial charge in [-0.15, -0.1) is 10.2 Å². The number of aromatic nitrogens is 3. The average molecular weight is 376 g/mol. The van der Waals surface area contributed by atoms with Gasteiger partial charge in [-0.3, -0.25) is 4.79 Å². The van der Waals surface area contributed by atoms with E-state index in [2.05, 4.69) is 20.1 Å². The van der Waals surface area contributed by atoms with Gasteiger partial charge in [0.05, 0.1) is 19.5 Å². The Hall–Kier alpha value is -2.22. The number of methoxy groups -OCH3 is 2. The number of nitrogens with one attached hydrogen (secondary N) is 1. The van der Waals surface area contributed by atoms with E-state index in [9.17, 15) is 4.79 Å². The molecule has 1 aliphatic heterocycles. The highest BCUT2D eigenvalue weighted by Crippen LogP contribution is 2.31. The molecule has 0 aliphatic carbocycles. The van der Waals surface area contributed by atoms with E-state index in [-0.39, 0.29) is 11.2 Å². The molecule has 0 saturated carbocycles. The molecule has 2 aromatic rings. The Morgan fingerprint density at radius 1 is 1.19 bits per heavy atom. The van der Waals surface area contributed by atoms with Crippen LogP contribution in [0.4, 0.5) is 5.69 Å². The predicted octanol–water partition coefficient (Wildman–Crippen LogP) is 3.14. The lowest BCUT2D eigenvalue weighted by Gasteiger charge is -2.14. The van der Waals surface area contributed by atoms with Gasteiger partial charge in [-0.25, -0.2) is 0 Å². The standard InChI is InChI=1S/C18H24N4O3S/c1-12(26-18-21-20-16-7-5-4-6-10-22(16)18)17(23)19-13-8-9-14(24-2)15(11-13)25-3/h8-9,11-12H,4-7,10H2,1-3H3,(H,19,23)/t12-/m1/s1. The summed E-state index contributed by atoms with van der Waals surface area (Å²) in [5, 5.41) is 12.0. The lowest BCUT2D eigenvalue weighted by Crippen LogP contribution is -2.23. The lowest BCUT2D eigenvalue weighted by atomic mass is 10.2. The minimum atomic E-state index is -0.292. The van der Waals surface area contributed by atoms with Crippen molar-refractivity contribution in [3.63, 3.8) is 0 Å². The molecule has 8 heteroatoms. The maximum Gasteiger partial charge on any atom is 0.237 e. The highest BCUT2D eigenvalue weighted by Gasteiger charge is 2.21. The third-order valence-electron chi connectivity index (χ3n) is 4.38. The number of fused-ring (bicyclic) bond motifs is 1. The minimum Gasteiger partial charge on any atom is -0.493 e. The van der Waals surface area contributed by atoms with E-state index in [0.717, 1.165) is 36.8 Å². The van der Waals surface area contributed by atoms with Crippen LogP contribution < -0.4 is 14.8 Å². The fraction of sp³-hybridized carbons (Fsp3) is 0.500. The molecule has 3 rings (SSSR count). The summed E-state index contributed by atoms with van der Waals surface area (Å²) in [6.45, 7) is 2.80. The van der Waals surface area contributed by atoms with Crippen molar-refractivity contribution in [2.24, 2.45) is 0 Å². The number of hydrogen-bond donors (Lipinski definition) is 1. The number of rotatable bonds is 6. The zero-order chi connectivity index (χ0) is 18.5. The Kier molecular flexibility index (Phi) is 6.03. The Bertz CT molecular complexity index is 778. The molecule has 7 nitrogen and oxygen atoms in total. The summed E-state index contributed by atoms with van der Waals surface area (Å²) in [5.41, 5.74) is 0.667. The van der Waals surface area contributed by atoms with Gasteiger partial charge in [0.15, 0.2) is 16.7 Å². The second-order valence-corrected chi connectivity index (χ2v) is 7.49. The highest BCUT2D eigenvalue weighted by molar-refractivity contribution is 8.00. The van der Waals surface area contributed by atoms with Gasteiger partial charge < -0.3 is 19.4 Å². The van der Waals surface area contributed by atoms with Gasteiger partial charge in [0.1, 0.15) is 5.82 Å². The molecule has 1 N–H and O–H groups in total. The first-order valence-corrected chi connectivity index (χ1v) is 9.62. The number of anilines is 1. The Morgan fingerprint density at radius 2 is 2.00 bits per heavy atom. The van der Waals surface area contributed by atoms with Crippen molar-refractivity contribution in [1.29, 1.82) is 0 Å². The molecule has 0 bridgehead atoms. The van der Waals surface area contributed by atoms with Crippen LogP contribution in [0, 0.1) is 0 Å². The highest BCUT2D eigenvalue weighted by atomic mass is 32.2. The topological polar surface area (TPSA) is 78.3 Å². The third-order valence-corrected chi connectivity index (χ3v) is 5.46. The van der Waals surface area contributed by atoms with Gasteiger partial charge >= 0.3 is 0 Å². The molecule has 0 spiro atoms. The first-order chi connectivity index (χ1) is 12.6. The van der Waals surface area contributed by atoms with Crippen molar-refractivity contribution in [3.8, 4) is 11.5 Å². The fourth-order valence-electron chi connectivity index (χ4n) is 2.92. The first-order valence-electron chi connectivity index (χ1n) is 8.74. The summed E-state index contributed by atoms with van der Waals surface area (Å²) in [7, 11) is 3.15. The van der Waals surface area contributed by atoms with E-state index in [1.54, 1.807) is 32.4 Å². The normalized spacial score (nSPS) is 14.9. The molecule has 0 fully saturated rings. The van der Waals surface area contributed by atoms with E-state index in [0.29, 0.717) is 17.2 Å². The first kappa shape index (κ1) is 18.6. The molecule has 2 heterocycles. The number of amides is 1. The average Bonchev–Trinajstić information content (AvgIpc) is 2.88. The van der Waals surface area contributed by atoms with Crippen molar-refractivity contribution >= 4 is 23.4 Å². The largest absolute Gasteiger partial charge is 0.493 e. The van der Waals surface area contributed by atoms with Crippen molar-refractivity contribution in [1.82, 2.24) is 14.8 Å². The van der Waals surface area contributed by atoms with Crippen LogP contribution in [0.1, 0.15) is 32.0 Å². The summed E-state index contributed by atoms with van der Waals surface area (Å²) >= 11 is 1.44. The van der Waals surface area contributed by atoms with E-state index in [4.69, 9.17) is 9.47 Å². The summed E-state index contributed by atoms with van der Waals surface area (Å²) in [4.78, 5) is 12.6. The van der Waals surface area contributed by atoms with E-state index in [1.807, 2.05) is 6.92 Å². The number of aryl methyl sites for hydroxylation is 1. The summed E-state index contributed by atoms with van der Waals surface area (Å²) < 4.78 is 12.6. The Balaban J connectivity index is 1.66. The molecule has 140 valence electrons. The van der Waals surface area contributed by atoms with Crippen LogP contribution in [0.15, 0.2) is 23.4 Å². The van der Waals surface area contributed by atoms with Gasteiger partial charge in [0.2, 0.25) is 5.91 Å². The van der Waals surface area contributed by atoms with Crippen molar-refractivity contribution < 1.29 is 14.3 Å². The summed E-state index contributed by atoms with van der Waals surface area (Å²) in [6.07, 6.45) is 4.45. The second kappa shape index (κ2) is 8.44. The number of carbonyl (C=O) groups excluding carboxylic acids is 1.